The predicted octanol–water partition coefficient (Wildman–Crippen LogP) is 6.02. The Balaban J connectivity index is 1.92. The zero-order valence-electron chi connectivity index (χ0n) is 20.5. The van der Waals surface area contributed by atoms with Gasteiger partial charge in [-0.25, -0.2) is 4.79 Å². The van der Waals surface area contributed by atoms with Gasteiger partial charge in [-0.05, 0) is 54.7 Å². The van der Waals surface area contributed by atoms with Gasteiger partial charge >= 0.3 is 5.97 Å². The molecular weight excluding hydrogens is 448 g/mol. The lowest BCUT2D eigenvalue weighted by Gasteiger charge is -2.33. The molecule has 0 bridgehead atoms. The van der Waals surface area contributed by atoms with E-state index < -0.39 is 11.9 Å². The van der Waals surface area contributed by atoms with Gasteiger partial charge in [-0.3, -0.25) is 4.79 Å². The van der Waals surface area contributed by atoms with E-state index in [2.05, 4.69) is 26.1 Å². The second-order valence-corrected chi connectivity index (χ2v) is 10.6. The molecule has 1 aliphatic carbocycles. The van der Waals surface area contributed by atoms with Gasteiger partial charge < -0.3 is 14.8 Å². The summed E-state index contributed by atoms with van der Waals surface area (Å²) < 4.78 is 10.8. The maximum Gasteiger partial charge on any atom is 0.341 e. The van der Waals surface area contributed by atoms with Crippen molar-refractivity contribution < 1.29 is 19.1 Å². The van der Waals surface area contributed by atoms with Crippen molar-refractivity contribution in [2.24, 2.45) is 11.3 Å². The number of thiophene rings is 1. The number of fused-ring (bicyclic) bond motifs is 1. The molecule has 6 nitrogen and oxygen atoms in total. The first-order chi connectivity index (χ1) is 16.2. The van der Waals surface area contributed by atoms with Gasteiger partial charge in [0.1, 0.15) is 22.4 Å². The van der Waals surface area contributed by atoms with Crippen LogP contribution in [0.2, 0.25) is 0 Å². The quantitative estimate of drug-likeness (QED) is 0.297. The number of amides is 1. The number of benzene rings is 1. The summed E-state index contributed by atoms with van der Waals surface area (Å²) in [5, 5.41) is 13.0. The lowest BCUT2D eigenvalue weighted by atomic mass is 9.72. The number of carbonyl (C=O) groups excluding carboxylic acids is 2. The summed E-state index contributed by atoms with van der Waals surface area (Å²) in [5.74, 6) is 0.0635. The summed E-state index contributed by atoms with van der Waals surface area (Å²) in [5.41, 5.74) is 2.10. The SMILES string of the molecule is CCCOc1ccccc1/C=C(\C#N)C(=O)Nc1sc2c(c1C(=O)OC)CCC(C(C)(C)C)C2. The van der Waals surface area contributed by atoms with E-state index in [0.717, 1.165) is 36.1 Å². The van der Waals surface area contributed by atoms with E-state index in [0.29, 0.717) is 34.4 Å². The number of hydrogen-bond acceptors (Lipinski definition) is 6. The van der Waals surface area contributed by atoms with E-state index in [1.807, 2.05) is 31.2 Å². The van der Waals surface area contributed by atoms with E-state index in [4.69, 9.17) is 9.47 Å². The Labute approximate surface area is 205 Å². The van der Waals surface area contributed by atoms with Gasteiger partial charge in [-0.2, -0.15) is 5.26 Å². The maximum absolute atomic E-state index is 13.1. The number of nitrogens with one attached hydrogen (secondary N) is 1. The van der Waals surface area contributed by atoms with Gasteiger partial charge in [-0.15, -0.1) is 11.3 Å². The minimum atomic E-state index is -0.566. The van der Waals surface area contributed by atoms with Crippen LogP contribution >= 0.6 is 11.3 Å². The highest BCUT2D eigenvalue weighted by Gasteiger charge is 2.34. The monoisotopic (exact) mass is 480 g/mol. The minimum Gasteiger partial charge on any atom is -0.493 e. The van der Waals surface area contributed by atoms with Crippen LogP contribution in [0, 0.1) is 22.7 Å². The molecule has 1 N–H and O–H groups in total. The standard InChI is InChI=1S/C27H32N2O4S/c1-6-13-33-21-10-8-7-9-17(21)14-18(16-28)24(30)29-25-23(26(31)32-5)20-12-11-19(27(2,3)4)15-22(20)34-25/h7-10,14,19H,6,11-13,15H2,1-5H3,(H,29,30)/b18-14+. The number of hydrogen-bond donors (Lipinski definition) is 1. The van der Waals surface area contributed by atoms with Crippen molar-refractivity contribution in [1.29, 1.82) is 5.26 Å². The molecule has 2 aromatic rings. The smallest absolute Gasteiger partial charge is 0.341 e. The summed E-state index contributed by atoms with van der Waals surface area (Å²) in [6.45, 7) is 9.23. The first kappa shape index (κ1) is 25.5. The van der Waals surface area contributed by atoms with Crippen molar-refractivity contribution >= 4 is 34.3 Å². The van der Waals surface area contributed by atoms with Crippen LogP contribution < -0.4 is 10.1 Å². The summed E-state index contributed by atoms with van der Waals surface area (Å²) in [4.78, 5) is 26.8. The highest BCUT2D eigenvalue weighted by Crippen LogP contribution is 2.44. The van der Waals surface area contributed by atoms with Crippen LogP contribution in [-0.4, -0.2) is 25.6 Å². The van der Waals surface area contributed by atoms with Crippen LogP contribution in [0.15, 0.2) is 29.8 Å². The first-order valence-corrected chi connectivity index (χ1v) is 12.4. The van der Waals surface area contributed by atoms with Crippen LogP contribution in [0.3, 0.4) is 0 Å². The molecule has 1 amide bonds. The van der Waals surface area contributed by atoms with Crippen molar-refractivity contribution in [2.45, 2.75) is 53.4 Å². The highest BCUT2D eigenvalue weighted by molar-refractivity contribution is 7.17. The van der Waals surface area contributed by atoms with Gasteiger partial charge in [0.25, 0.3) is 5.91 Å². The zero-order valence-corrected chi connectivity index (χ0v) is 21.3. The number of ether oxygens (including phenoxy) is 2. The fourth-order valence-corrected chi connectivity index (χ4v) is 5.46. The Kier molecular flexibility index (Phi) is 8.16. The van der Waals surface area contributed by atoms with E-state index in [9.17, 15) is 14.9 Å². The van der Waals surface area contributed by atoms with E-state index in [1.54, 1.807) is 6.07 Å². The lowest BCUT2D eigenvalue weighted by molar-refractivity contribution is -0.112. The molecule has 1 unspecified atom stereocenters. The average molecular weight is 481 g/mol. The zero-order chi connectivity index (χ0) is 24.9. The van der Waals surface area contributed by atoms with Crippen molar-refractivity contribution in [3.05, 3.63) is 51.4 Å². The Hall–Kier alpha value is -3.11. The fourth-order valence-electron chi connectivity index (χ4n) is 4.15. The van der Waals surface area contributed by atoms with E-state index in [-0.39, 0.29) is 11.0 Å². The number of rotatable bonds is 7. The number of methoxy groups -OCH3 is 1. The second-order valence-electron chi connectivity index (χ2n) is 9.52. The first-order valence-electron chi connectivity index (χ1n) is 11.6. The third-order valence-corrected chi connectivity index (χ3v) is 7.32. The highest BCUT2D eigenvalue weighted by atomic mass is 32.1. The predicted molar refractivity (Wildman–Crippen MR) is 135 cm³/mol. The molecule has 0 fully saturated rings. The molecule has 34 heavy (non-hydrogen) atoms. The van der Waals surface area contributed by atoms with Crippen molar-refractivity contribution in [3.63, 3.8) is 0 Å². The Bertz CT molecular complexity index is 1130. The number of nitrogens with zero attached hydrogens (tertiary/aromatic N) is 1. The number of nitriles is 1. The number of esters is 1. The maximum atomic E-state index is 13.1. The molecule has 0 spiro atoms. The van der Waals surface area contributed by atoms with Crippen molar-refractivity contribution in [3.8, 4) is 11.8 Å². The van der Waals surface area contributed by atoms with Gasteiger partial charge in [-0.1, -0.05) is 45.9 Å². The minimum absolute atomic E-state index is 0.0673. The van der Waals surface area contributed by atoms with E-state index >= 15 is 0 Å². The molecule has 0 radical (unpaired) electrons. The van der Waals surface area contributed by atoms with Gasteiger partial charge in [0.2, 0.25) is 0 Å². The third-order valence-electron chi connectivity index (χ3n) is 6.15. The summed E-state index contributed by atoms with van der Waals surface area (Å²) in [6, 6.07) is 9.26. The molecule has 1 aliphatic rings. The summed E-state index contributed by atoms with van der Waals surface area (Å²) in [6.07, 6.45) is 4.95. The molecule has 1 aromatic carbocycles. The lowest BCUT2D eigenvalue weighted by Crippen LogP contribution is -2.26. The number of anilines is 1. The molecule has 3 rings (SSSR count). The molecule has 1 heterocycles. The van der Waals surface area contributed by atoms with Gasteiger partial charge in [0.05, 0.1) is 19.3 Å². The number of carbonyl (C=O) groups is 2. The number of para-hydroxylation sites is 1. The van der Waals surface area contributed by atoms with Crippen LogP contribution in [0.5, 0.6) is 5.75 Å². The molecule has 7 heteroatoms. The van der Waals surface area contributed by atoms with Crippen molar-refractivity contribution in [2.75, 3.05) is 19.0 Å². The summed E-state index contributed by atoms with van der Waals surface area (Å²) >= 11 is 1.41. The topological polar surface area (TPSA) is 88.4 Å². The van der Waals surface area contributed by atoms with Gasteiger partial charge in [0, 0.05) is 10.4 Å². The largest absolute Gasteiger partial charge is 0.493 e. The molecule has 0 aliphatic heterocycles. The Morgan fingerprint density at radius 3 is 2.68 bits per heavy atom. The van der Waals surface area contributed by atoms with Crippen molar-refractivity contribution in [1.82, 2.24) is 0 Å². The Morgan fingerprint density at radius 2 is 2.03 bits per heavy atom. The molecule has 0 saturated heterocycles. The van der Waals surface area contributed by atoms with Gasteiger partial charge in [0.15, 0.2) is 0 Å². The second kappa shape index (κ2) is 10.9. The van der Waals surface area contributed by atoms with Crippen LogP contribution in [0.1, 0.15) is 66.9 Å². The summed E-state index contributed by atoms with van der Waals surface area (Å²) in [7, 11) is 1.34. The average Bonchev–Trinajstić information content (AvgIpc) is 3.17. The van der Waals surface area contributed by atoms with E-state index in [1.165, 1.54) is 24.5 Å². The molecule has 1 atom stereocenters. The molecule has 0 saturated carbocycles. The molecular formula is C27H32N2O4S. The molecule has 1 aromatic heterocycles. The fraction of sp³-hybridized carbons (Fsp3) is 0.444. The van der Waals surface area contributed by atoms with Crippen LogP contribution in [-0.2, 0) is 22.4 Å². The van der Waals surface area contributed by atoms with Crippen LogP contribution in [0.25, 0.3) is 6.08 Å². The molecule has 180 valence electrons. The third kappa shape index (κ3) is 5.68. The normalized spacial score (nSPS) is 15.8. The van der Waals surface area contributed by atoms with Crippen LogP contribution in [0.4, 0.5) is 5.00 Å². The Morgan fingerprint density at radius 1 is 1.29 bits per heavy atom.